The van der Waals surface area contributed by atoms with Gasteiger partial charge in [-0.3, -0.25) is 30.3 Å². The zero-order chi connectivity index (χ0) is 50.8. The fourth-order valence-electron chi connectivity index (χ4n) is 6.02. The molecule has 5 aromatic carbocycles. The van der Waals surface area contributed by atoms with E-state index in [9.17, 15) is 38.8 Å². The Kier molecular flexibility index (Phi) is 19.5. The highest BCUT2D eigenvalue weighted by atomic mass is 32.2. The van der Waals surface area contributed by atoms with E-state index in [2.05, 4.69) is 66.2 Å². The molecule has 0 aliphatic rings. The molecule has 0 atom stereocenters. The van der Waals surface area contributed by atoms with Crippen molar-refractivity contribution in [3.8, 4) is 0 Å². The van der Waals surface area contributed by atoms with E-state index >= 15 is 0 Å². The van der Waals surface area contributed by atoms with E-state index in [0.29, 0.717) is 56.1 Å². The van der Waals surface area contributed by atoms with Gasteiger partial charge in [-0.05, 0) is 108 Å². The molecular formula is C41H41N13O12S4. The van der Waals surface area contributed by atoms with Crippen LogP contribution in [0.2, 0.25) is 0 Å². The second kappa shape index (κ2) is 25.6. The molecule has 8 aromatic rings. The van der Waals surface area contributed by atoms with Crippen molar-refractivity contribution in [3.05, 3.63) is 140 Å². The summed E-state index contributed by atoms with van der Waals surface area (Å²) in [5.41, 5.74) is 10.0. The van der Waals surface area contributed by atoms with Crippen LogP contribution in [0.5, 0.6) is 0 Å². The smallest absolute Gasteiger partial charge is 0.395 e. The van der Waals surface area contributed by atoms with Crippen LogP contribution in [0.25, 0.3) is 32.7 Å². The molecule has 5 N–H and O–H groups in total. The molecular weight excluding hydrogens is 995 g/mol. The van der Waals surface area contributed by atoms with Crippen LogP contribution in [0.1, 0.15) is 13.8 Å². The number of nitrogen functional groups attached to an aromatic ring is 1. The molecule has 366 valence electrons. The largest absolute Gasteiger partial charge is 0.425 e. The van der Waals surface area contributed by atoms with Gasteiger partial charge in [-0.25, -0.2) is 5.26 Å². The average molecular weight is 1040 g/mol. The lowest BCUT2D eigenvalue weighted by Gasteiger charge is -2.21. The molecule has 0 bridgehead atoms. The monoisotopic (exact) mass is 1040 g/mol. The van der Waals surface area contributed by atoms with Gasteiger partial charge in [-0.15, -0.1) is 15.3 Å². The maximum Gasteiger partial charge on any atom is 0.425 e. The van der Waals surface area contributed by atoms with Gasteiger partial charge in [0.1, 0.15) is 5.00 Å². The summed E-state index contributed by atoms with van der Waals surface area (Å²) in [6.07, 6.45) is 0. The Morgan fingerprint density at radius 3 is 1.49 bits per heavy atom. The number of nitro groups is 3. The molecule has 0 radical (unpaired) electrons. The van der Waals surface area contributed by atoms with E-state index < -0.39 is 25.1 Å². The van der Waals surface area contributed by atoms with E-state index in [4.69, 9.17) is 21.2 Å². The number of aliphatic hydroxyl groups is 2. The summed E-state index contributed by atoms with van der Waals surface area (Å²) in [5.74, 6) is 0. The minimum atomic E-state index is -4.53. The van der Waals surface area contributed by atoms with Crippen LogP contribution in [0, 0.1) is 30.3 Å². The Morgan fingerprint density at radius 2 is 1.04 bits per heavy atom. The molecule has 0 amide bonds. The molecule has 0 aliphatic carbocycles. The zero-order valence-corrected chi connectivity index (χ0v) is 40.0. The van der Waals surface area contributed by atoms with Crippen LogP contribution in [-0.4, -0.2) is 91.2 Å². The van der Waals surface area contributed by atoms with Gasteiger partial charge in [-0.2, -0.15) is 21.5 Å². The van der Waals surface area contributed by atoms with E-state index in [1.807, 2.05) is 49.4 Å². The van der Waals surface area contributed by atoms with Crippen molar-refractivity contribution in [1.82, 2.24) is 13.1 Å². The highest BCUT2D eigenvalue weighted by molar-refractivity contribution is 7.85. The number of hydrogen-bond donors (Lipinski definition) is 4. The standard InChI is InChI=1S/C17H17N5O3S.C10H15NO.C7H4N4O6S2.C7H5N3O2S/c1-2-21(9-10-23)13-5-3-12(4-6-13)18-19-17-15-11-14(22(24)25)7-8-16(15)20-26-17;1-2-11(8-9-12)10-6-4-3-5-7-10;12-11(13)4-1-2-6-5(3-4)7(18-9-6)8-10-19(15,16)17-14;8-7-5-3-4(10(11)12)1-2-6(5)9-13-7/h3-8,11,23H,2,9-10H2,1H3;3-7,12H,2,8-9H2,1H3;1-3,14H;1-3H,8H2. The Bertz CT molecular complexity index is 3210. The minimum Gasteiger partial charge on any atom is -0.395 e. The van der Waals surface area contributed by atoms with E-state index in [-0.39, 0.29) is 40.7 Å². The first-order valence-electron chi connectivity index (χ1n) is 20.3. The highest BCUT2D eigenvalue weighted by Crippen LogP contribution is 2.35. The molecule has 29 heteroatoms. The Hall–Kier alpha value is -7.64. The molecule has 3 heterocycles. The van der Waals surface area contributed by atoms with Gasteiger partial charge in [0, 0.05) is 90.1 Å². The summed E-state index contributed by atoms with van der Waals surface area (Å²) in [7, 11) is -4.53. The van der Waals surface area contributed by atoms with Crippen LogP contribution in [-0.2, 0) is 14.6 Å². The number of rotatable bonds is 16. The van der Waals surface area contributed by atoms with Gasteiger partial charge < -0.3 is 25.7 Å². The molecule has 70 heavy (non-hydrogen) atoms. The number of nitrogens with two attached hydrogens (primary N) is 1. The van der Waals surface area contributed by atoms with Gasteiger partial charge in [0.05, 0.1) is 50.2 Å². The predicted octanol–water partition coefficient (Wildman–Crippen LogP) is 9.75. The number of anilines is 3. The molecule has 0 spiro atoms. The van der Waals surface area contributed by atoms with Crippen molar-refractivity contribution in [2.75, 3.05) is 54.9 Å². The summed E-state index contributed by atoms with van der Waals surface area (Å²) in [6.45, 7) is 7.43. The van der Waals surface area contributed by atoms with Crippen molar-refractivity contribution in [3.63, 3.8) is 0 Å². The first-order chi connectivity index (χ1) is 33.6. The average Bonchev–Trinajstić information content (AvgIpc) is 4.10. The Balaban J connectivity index is 0.000000183. The van der Waals surface area contributed by atoms with Crippen molar-refractivity contribution < 1.29 is 43.0 Å². The van der Waals surface area contributed by atoms with Crippen molar-refractivity contribution >= 4 is 127 Å². The predicted molar refractivity (Wildman–Crippen MR) is 267 cm³/mol. The number of likely N-dealkylation sites (N-methyl/N-ethyl adjacent to an activating group) is 2. The summed E-state index contributed by atoms with van der Waals surface area (Å²) < 4.78 is 39.5. The number of azo groups is 1. The van der Waals surface area contributed by atoms with Gasteiger partial charge in [0.15, 0.2) is 10.0 Å². The normalized spacial score (nSPS) is 11.2. The zero-order valence-electron chi connectivity index (χ0n) is 36.7. The number of nitrogens with zero attached hydrogens (tertiary/aromatic N) is 12. The van der Waals surface area contributed by atoms with Gasteiger partial charge in [0.25, 0.3) is 17.1 Å². The van der Waals surface area contributed by atoms with E-state index in [1.165, 1.54) is 48.2 Å². The molecule has 8 rings (SSSR count). The molecule has 0 saturated carbocycles. The molecule has 25 nitrogen and oxygen atoms in total. The van der Waals surface area contributed by atoms with Gasteiger partial charge in [0.2, 0.25) is 0 Å². The first-order valence-corrected chi connectivity index (χ1v) is 24.0. The summed E-state index contributed by atoms with van der Waals surface area (Å²) >= 11 is 3.09. The lowest BCUT2D eigenvalue weighted by molar-refractivity contribution is -0.384. The summed E-state index contributed by atoms with van der Waals surface area (Å²) in [5, 5.41) is 72.2. The minimum absolute atomic E-state index is 0.00189. The van der Waals surface area contributed by atoms with Crippen LogP contribution in [0.15, 0.2) is 129 Å². The quantitative estimate of drug-likeness (QED) is 0.0302. The fourth-order valence-corrected chi connectivity index (χ4v) is 8.27. The molecule has 0 fully saturated rings. The third-order valence-corrected chi connectivity index (χ3v) is 12.1. The molecule has 3 aromatic heterocycles. The molecule has 0 unspecified atom stereocenters. The number of non-ortho nitro benzene ring substituents is 3. The van der Waals surface area contributed by atoms with Gasteiger partial charge >= 0.3 is 10.3 Å². The summed E-state index contributed by atoms with van der Waals surface area (Å²) in [4.78, 5) is 34.7. The lowest BCUT2D eigenvalue weighted by Crippen LogP contribution is -2.25. The fraction of sp³-hybridized carbons (Fsp3) is 0.195. The number of fused-ring (bicyclic) bond motifs is 3. The van der Waals surface area contributed by atoms with Gasteiger partial charge in [-0.1, -0.05) is 22.5 Å². The molecule has 0 saturated heterocycles. The number of para-hydroxylation sites is 1. The molecule has 0 aliphatic heterocycles. The lowest BCUT2D eigenvalue weighted by atomic mass is 10.2. The second-order valence-electron chi connectivity index (χ2n) is 13.7. The van der Waals surface area contributed by atoms with Crippen molar-refractivity contribution in [2.24, 2.45) is 19.9 Å². The number of aromatic nitrogens is 3. The number of nitro benzene ring substituents is 3. The Morgan fingerprint density at radius 1 is 0.614 bits per heavy atom. The second-order valence-corrected chi connectivity index (χ2v) is 17.2. The van der Waals surface area contributed by atoms with Crippen LogP contribution < -0.4 is 15.5 Å². The Labute approximate surface area is 409 Å². The maximum atomic E-state index is 10.9. The van der Waals surface area contributed by atoms with Crippen LogP contribution in [0.3, 0.4) is 0 Å². The summed E-state index contributed by atoms with van der Waals surface area (Å²) in [6, 6.07) is 30.4. The van der Waals surface area contributed by atoms with Crippen LogP contribution >= 0.6 is 34.6 Å². The van der Waals surface area contributed by atoms with Crippen molar-refractivity contribution in [2.45, 2.75) is 13.8 Å². The van der Waals surface area contributed by atoms with E-state index in [1.54, 1.807) is 12.1 Å². The number of benzene rings is 5. The third-order valence-electron chi connectivity index (χ3n) is 9.42. The van der Waals surface area contributed by atoms with Crippen molar-refractivity contribution in [1.29, 1.82) is 0 Å². The van der Waals surface area contributed by atoms with Crippen LogP contribution in [0.4, 0.5) is 49.1 Å². The maximum absolute atomic E-state index is 10.9. The SMILES string of the molecule is CCN(CCO)c1ccc(N=Nc2snc3ccc([N+](=O)[O-])cc23)cc1.CCN(CCO)c1ccccc1.Nc1snc2ccc([N+](=O)[O-])cc12.O=[N+]([O-])c1ccc2nsc(N=NS(=O)(=O)OO)c2c1. The topological polar surface area (TPSA) is 354 Å². The first kappa shape index (κ1) is 53.3. The van der Waals surface area contributed by atoms with E-state index in [0.717, 1.165) is 53.4 Å². The third kappa shape index (κ3) is 14.7. The number of hydrogen-bond acceptors (Lipinski definition) is 24. The number of aliphatic hydroxyl groups excluding tert-OH is 2. The highest BCUT2D eigenvalue weighted by Gasteiger charge is 2.15.